The summed E-state index contributed by atoms with van der Waals surface area (Å²) in [5.41, 5.74) is -0.455. The minimum absolute atomic E-state index is 0.263. The van der Waals surface area contributed by atoms with Crippen LogP contribution in [0.2, 0.25) is 0 Å². The summed E-state index contributed by atoms with van der Waals surface area (Å²) >= 11 is 12.1. The lowest BCUT2D eigenvalue weighted by Crippen LogP contribution is -2.41. The van der Waals surface area contributed by atoms with E-state index in [4.69, 9.17) is 27.9 Å². The van der Waals surface area contributed by atoms with Gasteiger partial charge in [-0.15, -0.1) is 0 Å². The summed E-state index contributed by atoms with van der Waals surface area (Å²) in [5.74, 6) is -1.07. The third kappa shape index (κ3) is 3.15. The van der Waals surface area contributed by atoms with Crippen molar-refractivity contribution in [3.8, 4) is 0 Å². The van der Waals surface area contributed by atoms with E-state index in [0.717, 1.165) is 0 Å². The molecule has 1 atom stereocenters. The minimum atomic E-state index is -1.54. The third-order valence-electron chi connectivity index (χ3n) is 3.35. The van der Waals surface area contributed by atoms with Gasteiger partial charge in [-0.05, 0) is 24.1 Å². The van der Waals surface area contributed by atoms with Crippen LogP contribution in [0.1, 0.15) is 18.9 Å². The van der Waals surface area contributed by atoms with E-state index in [0.29, 0.717) is 17.6 Å². The van der Waals surface area contributed by atoms with E-state index >= 15 is 0 Å². The quantitative estimate of drug-likeness (QED) is 0.830. The molecule has 0 aromatic heterocycles. The molecule has 1 aromatic carbocycles. The van der Waals surface area contributed by atoms with Crippen LogP contribution in [0.15, 0.2) is 54.1 Å². The van der Waals surface area contributed by atoms with E-state index in [2.05, 4.69) is 0 Å². The van der Waals surface area contributed by atoms with Gasteiger partial charge < -0.3 is 9.84 Å². The van der Waals surface area contributed by atoms with Crippen LogP contribution in [0.4, 0.5) is 0 Å². The van der Waals surface area contributed by atoms with Gasteiger partial charge in [-0.3, -0.25) is 0 Å². The Morgan fingerprint density at radius 1 is 1.38 bits per heavy atom. The molecule has 1 aliphatic carbocycles. The number of halogens is 2. The van der Waals surface area contributed by atoms with E-state index in [-0.39, 0.29) is 6.61 Å². The first-order valence-electron chi connectivity index (χ1n) is 6.63. The fourth-order valence-electron chi connectivity index (χ4n) is 2.39. The van der Waals surface area contributed by atoms with Crippen molar-refractivity contribution in [3.05, 3.63) is 59.7 Å². The Hall–Kier alpha value is -1.29. The molecule has 0 heterocycles. The normalized spacial score (nSPS) is 19.7. The maximum Gasteiger partial charge on any atom is 0.345 e. The van der Waals surface area contributed by atoms with E-state index in [1.165, 1.54) is 0 Å². The molecule has 0 fully saturated rings. The largest absolute Gasteiger partial charge is 0.479 e. The fraction of sp³-hybridized carbons (Fsp3) is 0.312. The smallest absolute Gasteiger partial charge is 0.345 e. The topological polar surface area (TPSA) is 46.5 Å². The second kappa shape index (κ2) is 6.22. The summed E-state index contributed by atoms with van der Waals surface area (Å²) < 4.78 is 4.68. The van der Waals surface area contributed by atoms with Crippen molar-refractivity contribution < 1.29 is 14.6 Å². The third-order valence-corrected chi connectivity index (χ3v) is 3.91. The molecule has 2 rings (SSSR count). The molecule has 0 spiro atoms. The first-order chi connectivity index (χ1) is 9.92. The SMILES string of the molecule is CCOC(C(=O)O)(C1=CCC(Cl)(Cl)C=C1)c1ccccc1. The summed E-state index contributed by atoms with van der Waals surface area (Å²) in [5, 5.41) is 9.82. The van der Waals surface area contributed by atoms with Gasteiger partial charge in [0, 0.05) is 13.0 Å². The van der Waals surface area contributed by atoms with Gasteiger partial charge >= 0.3 is 5.97 Å². The van der Waals surface area contributed by atoms with Crippen LogP contribution in [0, 0.1) is 0 Å². The molecule has 21 heavy (non-hydrogen) atoms. The molecule has 0 saturated carbocycles. The van der Waals surface area contributed by atoms with Crippen LogP contribution in [-0.2, 0) is 15.1 Å². The van der Waals surface area contributed by atoms with Crippen LogP contribution in [0.3, 0.4) is 0 Å². The average Bonchev–Trinajstić information content (AvgIpc) is 2.46. The van der Waals surface area contributed by atoms with Gasteiger partial charge in [0.1, 0.15) is 4.33 Å². The average molecular weight is 327 g/mol. The molecule has 0 bridgehead atoms. The van der Waals surface area contributed by atoms with Gasteiger partial charge in [0.05, 0.1) is 0 Å². The van der Waals surface area contributed by atoms with Crippen molar-refractivity contribution in [2.45, 2.75) is 23.3 Å². The van der Waals surface area contributed by atoms with Crippen LogP contribution in [-0.4, -0.2) is 22.0 Å². The molecule has 3 nitrogen and oxygen atoms in total. The molecular formula is C16H16Cl2O3. The molecule has 112 valence electrons. The highest BCUT2D eigenvalue weighted by Gasteiger charge is 2.45. The van der Waals surface area contributed by atoms with Crippen LogP contribution >= 0.6 is 23.2 Å². The molecule has 0 amide bonds. The minimum Gasteiger partial charge on any atom is -0.479 e. The lowest BCUT2D eigenvalue weighted by molar-refractivity contribution is -0.161. The maximum absolute atomic E-state index is 12.0. The number of aliphatic carboxylic acids is 1. The fourth-order valence-corrected chi connectivity index (χ4v) is 2.67. The number of hydrogen-bond donors (Lipinski definition) is 1. The molecular weight excluding hydrogens is 311 g/mol. The number of carboxylic acids is 1. The Bertz CT molecular complexity index is 578. The Kier molecular flexibility index (Phi) is 4.77. The molecule has 5 heteroatoms. The molecule has 1 aliphatic rings. The van der Waals surface area contributed by atoms with Gasteiger partial charge in [0.2, 0.25) is 5.60 Å². The van der Waals surface area contributed by atoms with Crippen LogP contribution in [0.5, 0.6) is 0 Å². The second-order valence-corrected chi connectivity index (χ2v) is 6.29. The van der Waals surface area contributed by atoms with Crippen molar-refractivity contribution in [1.29, 1.82) is 0 Å². The molecule has 0 radical (unpaired) electrons. The van der Waals surface area contributed by atoms with Gasteiger partial charge in [0.15, 0.2) is 0 Å². The van der Waals surface area contributed by atoms with Crippen LogP contribution < -0.4 is 0 Å². The summed E-state index contributed by atoms with van der Waals surface area (Å²) in [4.78, 5) is 12.0. The standard InChI is InChI=1S/C16H16Cl2O3/c1-2-21-16(14(19)20,12-6-4-3-5-7-12)13-8-10-15(17,18)11-9-13/h3-10H,2,11H2,1H3,(H,19,20). The Morgan fingerprint density at radius 3 is 2.52 bits per heavy atom. The lowest BCUT2D eigenvalue weighted by Gasteiger charge is -2.33. The number of carboxylic acid groups (broad SMARTS) is 1. The summed E-state index contributed by atoms with van der Waals surface area (Å²) in [7, 11) is 0. The van der Waals surface area contributed by atoms with Crippen molar-refractivity contribution in [2.75, 3.05) is 6.61 Å². The molecule has 1 N–H and O–H groups in total. The first kappa shape index (κ1) is 16.1. The maximum atomic E-state index is 12.0. The van der Waals surface area contributed by atoms with Crippen LogP contribution in [0.25, 0.3) is 0 Å². The first-order valence-corrected chi connectivity index (χ1v) is 7.38. The Morgan fingerprint density at radius 2 is 2.05 bits per heavy atom. The molecule has 0 saturated heterocycles. The Labute approximate surface area is 133 Å². The predicted octanol–water partition coefficient (Wildman–Crippen LogP) is 4.06. The van der Waals surface area contributed by atoms with E-state index in [1.807, 2.05) is 6.07 Å². The van der Waals surface area contributed by atoms with Crippen molar-refractivity contribution in [1.82, 2.24) is 0 Å². The number of hydrogen-bond acceptors (Lipinski definition) is 2. The number of benzene rings is 1. The molecule has 0 aliphatic heterocycles. The number of allylic oxidation sites excluding steroid dienone is 2. The number of carbonyl (C=O) groups is 1. The highest BCUT2D eigenvalue weighted by atomic mass is 35.5. The number of rotatable bonds is 5. The Balaban J connectivity index is 2.55. The van der Waals surface area contributed by atoms with Crippen molar-refractivity contribution in [2.24, 2.45) is 0 Å². The highest BCUT2D eigenvalue weighted by molar-refractivity contribution is 6.50. The summed E-state index contributed by atoms with van der Waals surface area (Å²) in [6.07, 6.45) is 5.26. The van der Waals surface area contributed by atoms with Gasteiger partial charge in [-0.1, -0.05) is 65.7 Å². The van der Waals surface area contributed by atoms with Crippen molar-refractivity contribution in [3.63, 3.8) is 0 Å². The zero-order chi connectivity index (χ0) is 15.5. The summed E-state index contributed by atoms with van der Waals surface area (Å²) in [6.45, 7) is 2.03. The zero-order valence-electron chi connectivity index (χ0n) is 11.6. The van der Waals surface area contributed by atoms with E-state index in [1.54, 1.807) is 49.4 Å². The number of alkyl halides is 2. The zero-order valence-corrected chi connectivity index (χ0v) is 13.1. The van der Waals surface area contributed by atoms with Crippen molar-refractivity contribution >= 4 is 29.2 Å². The van der Waals surface area contributed by atoms with Gasteiger partial charge in [-0.25, -0.2) is 4.79 Å². The summed E-state index contributed by atoms with van der Waals surface area (Å²) in [6, 6.07) is 8.87. The predicted molar refractivity (Wildman–Crippen MR) is 83.7 cm³/mol. The van der Waals surface area contributed by atoms with Gasteiger partial charge in [0.25, 0.3) is 0 Å². The van der Waals surface area contributed by atoms with E-state index < -0.39 is 15.9 Å². The highest BCUT2D eigenvalue weighted by Crippen LogP contribution is 2.40. The second-order valence-electron chi connectivity index (χ2n) is 4.74. The number of ether oxygens (including phenoxy) is 1. The van der Waals surface area contributed by atoms with E-state index in [9.17, 15) is 9.90 Å². The monoisotopic (exact) mass is 326 g/mol. The molecule has 1 aromatic rings. The van der Waals surface area contributed by atoms with Gasteiger partial charge in [-0.2, -0.15) is 0 Å². The lowest BCUT2D eigenvalue weighted by atomic mass is 9.83. The molecule has 1 unspecified atom stereocenters.